The average Bonchev–Trinajstić information content (AvgIpc) is 3.08. The van der Waals surface area contributed by atoms with Crippen LogP contribution in [-0.2, 0) is 25.5 Å². The van der Waals surface area contributed by atoms with Crippen molar-refractivity contribution in [2.24, 2.45) is 0 Å². The lowest BCUT2D eigenvalue weighted by Crippen LogP contribution is -2.23. The van der Waals surface area contributed by atoms with Crippen molar-refractivity contribution in [3.63, 3.8) is 0 Å². The van der Waals surface area contributed by atoms with Gasteiger partial charge in [-0.25, -0.2) is 4.68 Å². The normalized spacial score (nSPS) is 10.4. The molecular formula is C23H24N4O4. The fourth-order valence-electron chi connectivity index (χ4n) is 2.92. The molecule has 8 heteroatoms. The van der Waals surface area contributed by atoms with Gasteiger partial charge in [0, 0.05) is 18.7 Å². The van der Waals surface area contributed by atoms with Crippen molar-refractivity contribution in [1.29, 1.82) is 0 Å². The highest BCUT2D eigenvalue weighted by molar-refractivity contribution is 5.92. The van der Waals surface area contributed by atoms with Gasteiger partial charge in [-0.3, -0.25) is 14.4 Å². The SMILES string of the molecule is CC(=O)Nc1ccc(CC(=O)OCC(=O)Nc2cc(C)nn2-c2ccc(C)cc2)cc1. The molecule has 0 radical (unpaired) electrons. The van der Waals surface area contributed by atoms with E-state index in [-0.39, 0.29) is 12.3 Å². The molecule has 0 aliphatic heterocycles. The summed E-state index contributed by atoms with van der Waals surface area (Å²) in [5, 5.41) is 9.80. The Labute approximate surface area is 180 Å². The van der Waals surface area contributed by atoms with Crippen LogP contribution in [0.2, 0.25) is 0 Å². The van der Waals surface area contributed by atoms with E-state index >= 15 is 0 Å². The summed E-state index contributed by atoms with van der Waals surface area (Å²) < 4.78 is 6.72. The van der Waals surface area contributed by atoms with Gasteiger partial charge >= 0.3 is 5.97 Å². The smallest absolute Gasteiger partial charge is 0.310 e. The number of aromatic nitrogens is 2. The fraction of sp³-hybridized carbons (Fsp3) is 0.217. The Morgan fingerprint density at radius 3 is 2.29 bits per heavy atom. The molecule has 2 amide bonds. The van der Waals surface area contributed by atoms with E-state index in [1.807, 2.05) is 38.1 Å². The zero-order valence-electron chi connectivity index (χ0n) is 17.6. The molecule has 0 unspecified atom stereocenters. The monoisotopic (exact) mass is 420 g/mol. The Morgan fingerprint density at radius 1 is 0.968 bits per heavy atom. The lowest BCUT2D eigenvalue weighted by atomic mass is 10.1. The predicted octanol–water partition coefficient (Wildman–Crippen LogP) is 3.17. The molecule has 0 saturated heterocycles. The van der Waals surface area contributed by atoms with E-state index in [4.69, 9.17) is 4.74 Å². The van der Waals surface area contributed by atoms with Crippen LogP contribution in [0.15, 0.2) is 54.6 Å². The van der Waals surface area contributed by atoms with E-state index < -0.39 is 18.5 Å². The van der Waals surface area contributed by atoms with E-state index in [1.165, 1.54) is 6.92 Å². The van der Waals surface area contributed by atoms with Crippen LogP contribution in [-0.4, -0.2) is 34.2 Å². The summed E-state index contributed by atoms with van der Waals surface area (Å²) in [5.74, 6) is -0.652. The number of benzene rings is 2. The molecular weight excluding hydrogens is 396 g/mol. The van der Waals surface area contributed by atoms with Gasteiger partial charge in [-0.15, -0.1) is 0 Å². The number of nitrogens with one attached hydrogen (secondary N) is 2. The molecule has 3 rings (SSSR count). The number of aryl methyl sites for hydroxylation is 2. The van der Waals surface area contributed by atoms with Crippen molar-refractivity contribution in [3.8, 4) is 5.69 Å². The number of carbonyl (C=O) groups excluding carboxylic acids is 3. The molecule has 0 aliphatic rings. The van der Waals surface area contributed by atoms with E-state index in [2.05, 4.69) is 15.7 Å². The summed E-state index contributed by atoms with van der Waals surface area (Å²) in [6.07, 6.45) is 0.0219. The van der Waals surface area contributed by atoms with Gasteiger partial charge in [0.25, 0.3) is 5.91 Å². The van der Waals surface area contributed by atoms with Crippen LogP contribution in [0.5, 0.6) is 0 Å². The minimum absolute atomic E-state index is 0.0219. The highest BCUT2D eigenvalue weighted by atomic mass is 16.5. The molecule has 0 spiro atoms. The number of amides is 2. The molecule has 0 aliphatic carbocycles. The maximum atomic E-state index is 12.3. The largest absolute Gasteiger partial charge is 0.455 e. The first-order valence-corrected chi connectivity index (χ1v) is 9.76. The lowest BCUT2D eigenvalue weighted by Gasteiger charge is -2.10. The van der Waals surface area contributed by atoms with Gasteiger partial charge in [-0.2, -0.15) is 5.10 Å². The zero-order valence-corrected chi connectivity index (χ0v) is 17.6. The number of carbonyl (C=O) groups is 3. The highest BCUT2D eigenvalue weighted by Crippen LogP contribution is 2.17. The number of esters is 1. The molecule has 3 aromatic rings. The number of nitrogens with zero attached hydrogens (tertiary/aromatic N) is 2. The van der Waals surface area contributed by atoms with E-state index in [0.29, 0.717) is 17.1 Å². The van der Waals surface area contributed by atoms with Crippen molar-refractivity contribution in [2.45, 2.75) is 27.2 Å². The van der Waals surface area contributed by atoms with Crippen molar-refractivity contribution in [2.75, 3.05) is 17.2 Å². The summed E-state index contributed by atoms with van der Waals surface area (Å²) in [4.78, 5) is 35.4. The third kappa shape index (κ3) is 6.27. The number of hydrogen-bond acceptors (Lipinski definition) is 5. The molecule has 1 aromatic heterocycles. The summed E-state index contributed by atoms with van der Waals surface area (Å²) >= 11 is 0. The highest BCUT2D eigenvalue weighted by Gasteiger charge is 2.13. The zero-order chi connectivity index (χ0) is 22.4. The van der Waals surface area contributed by atoms with Gasteiger partial charge in [0.05, 0.1) is 17.8 Å². The molecule has 2 aromatic carbocycles. The molecule has 2 N–H and O–H groups in total. The van der Waals surface area contributed by atoms with Gasteiger partial charge in [0.15, 0.2) is 6.61 Å². The minimum atomic E-state index is -0.523. The van der Waals surface area contributed by atoms with E-state index in [0.717, 1.165) is 16.9 Å². The van der Waals surface area contributed by atoms with Crippen molar-refractivity contribution in [3.05, 3.63) is 71.4 Å². The third-order valence-corrected chi connectivity index (χ3v) is 4.36. The van der Waals surface area contributed by atoms with Crippen LogP contribution < -0.4 is 10.6 Å². The second-order valence-corrected chi connectivity index (χ2v) is 7.18. The molecule has 31 heavy (non-hydrogen) atoms. The third-order valence-electron chi connectivity index (χ3n) is 4.36. The maximum absolute atomic E-state index is 12.3. The first-order valence-electron chi connectivity index (χ1n) is 9.76. The number of rotatable bonds is 7. The standard InChI is InChI=1S/C23H24N4O4/c1-15-4-10-20(11-5-15)27-21(12-16(2)26-27)25-22(29)14-31-23(30)13-18-6-8-19(9-7-18)24-17(3)28/h4-12H,13-14H2,1-3H3,(H,24,28)(H,25,29). The van der Waals surface area contributed by atoms with Crippen LogP contribution in [0.3, 0.4) is 0 Å². The Morgan fingerprint density at radius 2 is 1.65 bits per heavy atom. The average molecular weight is 420 g/mol. The Bertz CT molecular complexity index is 1090. The van der Waals surface area contributed by atoms with Crippen LogP contribution in [0, 0.1) is 13.8 Å². The van der Waals surface area contributed by atoms with Crippen molar-refractivity contribution in [1.82, 2.24) is 9.78 Å². The maximum Gasteiger partial charge on any atom is 0.310 e. The van der Waals surface area contributed by atoms with Gasteiger partial charge in [0.1, 0.15) is 5.82 Å². The van der Waals surface area contributed by atoms with Gasteiger partial charge in [-0.05, 0) is 43.7 Å². The lowest BCUT2D eigenvalue weighted by molar-refractivity contribution is -0.146. The topological polar surface area (TPSA) is 102 Å². The number of anilines is 2. The van der Waals surface area contributed by atoms with Crippen molar-refractivity contribution >= 4 is 29.3 Å². The van der Waals surface area contributed by atoms with Crippen LogP contribution in [0.4, 0.5) is 11.5 Å². The molecule has 0 saturated carbocycles. The van der Waals surface area contributed by atoms with Crippen LogP contribution in [0.25, 0.3) is 5.69 Å². The first-order chi connectivity index (χ1) is 14.8. The molecule has 1 heterocycles. The van der Waals surface area contributed by atoms with Crippen LogP contribution in [0.1, 0.15) is 23.7 Å². The minimum Gasteiger partial charge on any atom is -0.455 e. The van der Waals surface area contributed by atoms with Gasteiger partial charge < -0.3 is 15.4 Å². The Kier molecular flexibility index (Phi) is 6.81. The molecule has 8 nitrogen and oxygen atoms in total. The van der Waals surface area contributed by atoms with Crippen molar-refractivity contribution < 1.29 is 19.1 Å². The Hall–Kier alpha value is -3.94. The second-order valence-electron chi connectivity index (χ2n) is 7.18. The number of hydrogen-bond donors (Lipinski definition) is 2. The first kappa shape index (κ1) is 21.8. The summed E-state index contributed by atoms with van der Waals surface area (Å²) in [6, 6.07) is 16.3. The summed E-state index contributed by atoms with van der Waals surface area (Å²) in [7, 11) is 0. The molecule has 160 valence electrons. The molecule has 0 bridgehead atoms. The van der Waals surface area contributed by atoms with E-state index in [9.17, 15) is 14.4 Å². The van der Waals surface area contributed by atoms with Gasteiger partial charge in [0.2, 0.25) is 5.91 Å². The summed E-state index contributed by atoms with van der Waals surface area (Å²) in [6.45, 7) is 4.84. The van der Waals surface area contributed by atoms with Gasteiger partial charge in [-0.1, -0.05) is 29.8 Å². The van der Waals surface area contributed by atoms with Crippen LogP contribution >= 0.6 is 0 Å². The molecule has 0 fully saturated rings. The Balaban J connectivity index is 1.54. The fourth-order valence-corrected chi connectivity index (χ4v) is 2.92. The van der Waals surface area contributed by atoms with E-state index in [1.54, 1.807) is 35.0 Å². The quantitative estimate of drug-likeness (QED) is 0.572. The molecule has 0 atom stereocenters. The predicted molar refractivity (Wildman–Crippen MR) is 117 cm³/mol. The number of ether oxygens (including phenoxy) is 1. The summed E-state index contributed by atoms with van der Waals surface area (Å²) in [5.41, 5.74) is 4.04. The second kappa shape index (κ2) is 9.71.